The van der Waals surface area contributed by atoms with Gasteiger partial charge in [-0.1, -0.05) is 0 Å². The van der Waals surface area contributed by atoms with Crippen molar-refractivity contribution in [2.24, 2.45) is 0 Å². The van der Waals surface area contributed by atoms with Crippen molar-refractivity contribution in [2.75, 3.05) is 24.5 Å². The lowest BCUT2D eigenvalue weighted by Gasteiger charge is -2.18. The zero-order chi connectivity index (χ0) is 16.9. The zero-order valence-electron chi connectivity index (χ0n) is 13.0. The molecule has 1 fully saturated rings. The predicted molar refractivity (Wildman–Crippen MR) is 86.8 cm³/mol. The van der Waals surface area contributed by atoms with Crippen molar-refractivity contribution in [1.82, 2.24) is 15.2 Å². The molecule has 1 N–H and O–H groups in total. The highest BCUT2D eigenvalue weighted by Gasteiger charge is 2.30. The molecule has 0 atom stereocenters. The molecule has 0 saturated carbocycles. The third kappa shape index (κ3) is 3.68. The molecule has 1 aromatic heterocycles. The minimum absolute atomic E-state index is 0.00160. The highest BCUT2D eigenvalue weighted by Crippen LogP contribution is 2.20. The van der Waals surface area contributed by atoms with Crippen molar-refractivity contribution in [1.29, 1.82) is 0 Å². The van der Waals surface area contributed by atoms with E-state index in [1.165, 1.54) is 21.9 Å². The first-order chi connectivity index (χ1) is 11.6. The average Bonchev–Trinajstić information content (AvgIpc) is 2.95. The number of nitrogens with zero attached hydrogens (tertiary/aromatic N) is 3. The van der Waals surface area contributed by atoms with E-state index in [0.717, 1.165) is 5.56 Å². The van der Waals surface area contributed by atoms with Gasteiger partial charge in [-0.2, -0.15) is 0 Å². The van der Waals surface area contributed by atoms with Gasteiger partial charge in [0.05, 0.1) is 0 Å². The van der Waals surface area contributed by atoms with E-state index < -0.39 is 0 Å². The molecule has 24 heavy (non-hydrogen) atoms. The predicted octanol–water partition coefficient (Wildman–Crippen LogP) is 1.78. The van der Waals surface area contributed by atoms with Crippen molar-refractivity contribution in [2.45, 2.75) is 6.54 Å². The number of benzene rings is 1. The Bertz CT molecular complexity index is 721. The molecule has 124 valence electrons. The summed E-state index contributed by atoms with van der Waals surface area (Å²) in [5.41, 5.74) is 1.57. The van der Waals surface area contributed by atoms with Crippen LogP contribution in [-0.4, -0.2) is 41.5 Å². The molecule has 1 aromatic carbocycles. The topological polar surface area (TPSA) is 65.5 Å². The normalized spacial score (nSPS) is 14.1. The summed E-state index contributed by atoms with van der Waals surface area (Å²) >= 11 is 0. The Kier molecular flexibility index (Phi) is 4.69. The summed E-state index contributed by atoms with van der Waals surface area (Å²) in [7, 11) is 0. The number of hydrogen-bond acceptors (Lipinski definition) is 3. The van der Waals surface area contributed by atoms with Gasteiger partial charge in [-0.05, 0) is 42.0 Å². The molecule has 0 bridgehead atoms. The maximum absolute atomic E-state index is 13.0. The van der Waals surface area contributed by atoms with Gasteiger partial charge in [-0.25, -0.2) is 9.18 Å². The molecule has 7 heteroatoms. The average molecular weight is 328 g/mol. The molecule has 1 saturated heterocycles. The van der Waals surface area contributed by atoms with Crippen LogP contribution in [0.1, 0.15) is 5.56 Å². The van der Waals surface area contributed by atoms with E-state index in [1.54, 1.807) is 24.5 Å². The van der Waals surface area contributed by atoms with Crippen molar-refractivity contribution < 1.29 is 14.0 Å². The number of hydrogen-bond donors (Lipinski definition) is 1. The minimum Gasteiger partial charge on any atom is -0.350 e. The second-order valence-corrected chi connectivity index (χ2v) is 5.46. The van der Waals surface area contributed by atoms with Crippen molar-refractivity contribution in [3.05, 3.63) is 60.2 Å². The van der Waals surface area contributed by atoms with Gasteiger partial charge in [0.2, 0.25) is 5.91 Å². The third-order valence-electron chi connectivity index (χ3n) is 3.81. The van der Waals surface area contributed by atoms with Crippen LogP contribution in [0.25, 0.3) is 0 Å². The fourth-order valence-corrected chi connectivity index (χ4v) is 2.52. The lowest BCUT2D eigenvalue weighted by molar-refractivity contribution is -0.121. The van der Waals surface area contributed by atoms with Gasteiger partial charge in [0.15, 0.2) is 0 Å². The fourth-order valence-electron chi connectivity index (χ4n) is 2.52. The molecule has 0 aliphatic carbocycles. The van der Waals surface area contributed by atoms with Crippen molar-refractivity contribution in [3.8, 4) is 0 Å². The molecule has 2 aromatic rings. The highest BCUT2D eigenvalue weighted by atomic mass is 19.1. The molecular formula is C17H17FN4O2. The van der Waals surface area contributed by atoms with Crippen LogP contribution in [0, 0.1) is 5.82 Å². The number of carbonyl (C=O) groups is 2. The zero-order valence-corrected chi connectivity index (χ0v) is 13.0. The van der Waals surface area contributed by atoms with Crippen LogP contribution < -0.4 is 10.2 Å². The SMILES string of the molecule is O=C(CN1CCN(c2ccc(F)cc2)C1=O)NCc1ccncc1. The van der Waals surface area contributed by atoms with Crippen LogP contribution in [-0.2, 0) is 11.3 Å². The molecule has 0 spiro atoms. The molecule has 6 nitrogen and oxygen atoms in total. The standard InChI is InChI=1S/C17H17FN4O2/c18-14-1-3-15(4-2-14)22-10-9-21(17(22)24)12-16(23)20-11-13-5-7-19-8-6-13/h1-8H,9-12H2,(H,20,23). The van der Waals surface area contributed by atoms with Gasteiger partial charge < -0.3 is 10.2 Å². The van der Waals surface area contributed by atoms with Crippen LogP contribution in [0.4, 0.5) is 14.9 Å². The summed E-state index contributed by atoms with van der Waals surface area (Å²) in [6, 6.07) is 9.12. The van der Waals surface area contributed by atoms with E-state index in [0.29, 0.717) is 25.3 Å². The summed E-state index contributed by atoms with van der Waals surface area (Å²) in [6.07, 6.45) is 3.32. The van der Waals surface area contributed by atoms with Gasteiger partial charge in [-0.15, -0.1) is 0 Å². The summed E-state index contributed by atoms with van der Waals surface area (Å²) in [4.78, 5) is 31.3. The number of aromatic nitrogens is 1. The summed E-state index contributed by atoms with van der Waals surface area (Å²) in [5, 5.41) is 2.78. The van der Waals surface area contributed by atoms with E-state index in [4.69, 9.17) is 0 Å². The first-order valence-electron chi connectivity index (χ1n) is 7.61. The monoisotopic (exact) mass is 328 g/mol. The van der Waals surface area contributed by atoms with Crippen LogP contribution in [0.2, 0.25) is 0 Å². The van der Waals surface area contributed by atoms with E-state index in [-0.39, 0.29) is 24.3 Å². The first-order valence-corrected chi connectivity index (χ1v) is 7.61. The lowest BCUT2D eigenvalue weighted by Crippen LogP contribution is -2.39. The van der Waals surface area contributed by atoms with Crippen LogP contribution in [0.15, 0.2) is 48.8 Å². The Labute approximate surface area is 138 Å². The Morgan fingerprint density at radius 1 is 1.12 bits per heavy atom. The molecular weight excluding hydrogens is 311 g/mol. The Hall–Kier alpha value is -2.96. The Balaban J connectivity index is 1.53. The van der Waals surface area contributed by atoms with E-state index >= 15 is 0 Å². The molecule has 3 rings (SSSR count). The van der Waals surface area contributed by atoms with Crippen LogP contribution >= 0.6 is 0 Å². The summed E-state index contributed by atoms with van der Waals surface area (Å²) < 4.78 is 13.0. The number of urea groups is 1. The largest absolute Gasteiger partial charge is 0.350 e. The van der Waals surface area contributed by atoms with Crippen LogP contribution in [0.5, 0.6) is 0 Å². The number of amides is 3. The quantitative estimate of drug-likeness (QED) is 0.910. The van der Waals surface area contributed by atoms with Crippen molar-refractivity contribution in [3.63, 3.8) is 0 Å². The molecule has 0 unspecified atom stereocenters. The maximum Gasteiger partial charge on any atom is 0.325 e. The molecule has 1 aliphatic rings. The number of halogens is 1. The fraction of sp³-hybridized carbons (Fsp3) is 0.235. The number of rotatable bonds is 5. The second kappa shape index (κ2) is 7.08. The third-order valence-corrected chi connectivity index (χ3v) is 3.81. The molecule has 3 amide bonds. The Morgan fingerprint density at radius 2 is 1.83 bits per heavy atom. The highest BCUT2D eigenvalue weighted by molar-refractivity contribution is 5.96. The van der Waals surface area contributed by atoms with Crippen LogP contribution in [0.3, 0.4) is 0 Å². The lowest BCUT2D eigenvalue weighted by atomic mass is 10.3. The Morgan fingerprint density at radius 3 is 2.54 bits per heavy atom. The van der Waals surface area contributed by atoms with Gasteiger partial charge >= 0.3 is 6.03 Å². The van der Waals surface area contributed by atoms with Gasteiger partial charge in [0.1, 0.15) is 12.4 Å². The van der Waals surface area contributed by atoms with E-state index in [2.05, 4.69) is 10.3 Å². The maximum atomic E-state index is 13.0. The van der Waals surface area contributed by atoms with E-state index in [9.17, 15) is 14.0 Å². The summed E-state index contributed by atoms with van der Waals surface area (Å²) in [6.45, 7) is 1.33. The number of carbonyl (C=O) groups excluding carboxylic acids is 2. The number of anilines is 1. The van der Waals surface area contributed by atoms with E-state index in [1.807, 2.05) is 12.1 Å². The van der Waals surface area contributed by atoms with Gasteiger partial charge in [-0.3, -0.25) is 14.7 Å². The number of nitrogens with one attached hydrogen (secondary N) is 1. The molecule has 2 heterocycles. The molecule has 0 radical (unpaired) electrons. The van der Waals surface area contributed by atoms with Gasteiger partial charge in [0.25, 0.3) is 0 Å². The molecule has 1 aliphatic heterocycles. The summed E-state index contributed by atoms with van der Waals surface area (Å²) in [5.74, 6) is -0.570. The number of pyridine rings is 1. The smallest absolute Gasteiger partial charge is 0.325 e. The first kappa shape index (κ1) is 15.9. The minimum atomic E-state index is -0.349. The second-order valence-electron chi connectivity index (χ2n) is 5.46. The van der Waals surface area contributed by atoms with Gasteiger partial charge in [0, 0.05) is 37.7 Å². The van der Waals surface area contributed by atoms with Crippen molar-refractivity contribution >= 4 is 17.6 Å².